The highest BCUT2D eigenvalue weighted by atomic mass is 32.1. The summed E-state index contributed by atoms with van der Waals surface area (Å²) in [6, 6.07) is 0. The number of guanidine groups is 1. The number of nitrogens with one attached hydrogen (secondary N) is 2. The molecule has 1 aliphatic rings. The van der Waals surface area contributed by atoms with Gasteiger partial charge in [-0.2, -0.15) is 0 Å². The van der Waals surface area contributed by atoms with Crippen LogP contribution in [0.15, 0.2) is 4.99 Å². The summed E-state index contributed by atoms with van der Waals surface area (Å²) >= 11 is 1.75. The van der Waals surface area contributed by atoms with E-state index >= 15 is 0 Å². The van der Waals surface area contributed by atoms with Gasteiger partial charge in [-0.1, -0.05) is 0 Å². The molecule has 0 saturated carbocycles. The average Bonchev–Trinajstić information content (AvgIpc) is 3.08. The van der Waals surface area contributed by atoms with Crippen LogP contribution in [0.3, 0.4) is 0 Å². The Balaban J connectivity index is 1.65. The smallest absolute Gasteiger partial charge is 0.191 e. The van der Waals surface area contributed by atoms with Gasteiger partial charge in [-0.05, 0) is 52.7 Å². The van der Waals surface area contributed by atoms with Gasteiger partial charge in [0.05, 0.1) is 17.2 Å². The number of nitrogens with zero attached hydrogens (tertiary/aromatic N) is 3. The SMILES string of the molecule is CN=C(NCCCN1CCCC1)NCc1sc(C)nc1C. The van der Waals surface area contributed by atoms with Crippen molar-refractivity contribution in [3.63, 3.8) is 0 Å². The summed E-state index contributed by atoms with van der Waals surface area (Å²) in [5, 5.41) is 7.87. The summed E-state index contributed by atoms with van der Waals surface area (Å²) in [4.78, 5) is 12.5. The number of rotatable bonds is 6. The van der Waals surface area contributed by atoms with Crippen molar-refractivity contribution in [2.45, 2.75) is 39.7 Å². The van der Waals surface area contributed by atoms with Gasteiger partial charge in [0.15, 0.2) is 5.96 Å². The van der Waals surface area contributed by atoms with Gasteiger partial charge in [0.2, 0.25) is 0 Å². The minimum Gasteiger partial charge on any atom is -0.356 e. The quantitative estimate of drug-likeness (QED) is 0.479. The number of thiazole rings is 1. The zero-order chi connectivity index (χ0) is 15.1. The Hall–Kier alpha value is -1.14. The van der Waals surface area contributed by atoms with Crippen molar-refractivity contribution >= 4 is 17.3 Å². The number of hydrogen-bond acceptors (Lipinski definition) is 4. The summed E-state index contributed by atoms with van der Waals surface area (Å²) in [5.74, 6) is 0.877. The molecule has 1 fully saturated rings. The van der Waals surface area contributed by atoms with E-state index < -0.39 is 0 Å². The monoisotopic (exact) mass is 309 g/mol. The number of aromatic nitrogens is 1. The molecule has 0 aliphatic carbocycles. The molecule has 0 radical (unpaired) electrons. The summed E-state index contributed by atoms with van der Waals surface area (Å²) in [6.45, 7) is 9.62. The predicted molar refractivity (Wildman–Crippen MR) is 90.1 cm³/mol. The zero-order valence-electron chi connectivity index (χ0n) is 13.4. The first-order valence-electron chi connectivity index (χ1n) is 7.79. The Morgan fingerprint density at radius 2 is 2.05 bits per heavy atom. The van der Waals surface area contributed by atoms with Crippen LogP contribution in [0.1, 0.15) is 34.8 Å². The highest BCUT2D eigenvalue weighted by Gasteiger charge is 2.10. The van der Waals surface area contributed by atoms with Gasteiger partial charge in [-0.25, -0.2) is 4.98 Å². The second-order valence-electron chi connectivity index (χ2n) is 5.50. The van der Waals surface area contributed by atoms with Crippen LogP contribution in [-0.2, 0) is 6.54 Å². The molecule has 1 aliphatic heterocycles. The van der Waals surface area contributed by atoms with Gasteiger partial charge < -0.3 is 15.5 Å². The normalized spacial score (nSPS) is 16.4. The first kappa shape index (κ1) is 16.2. The minimum atomic E-state index is 0.795. The lowest BCUT2D eigenvalue weighted by atomic mass is 10.4. The fraction of sp³-hybridized carbons (Fsp3) is 0.733. The first-order valence-corrected chi connectivity index (χ1v) is 8.60. The first-order chi connectivity index (χ1) is 10.2. The second-order valence-corrected chi connectivity index (χ2v) is 6.78. The molecular weight excluding hydrogens is 282 g/mol. The molecule has 6 heteroatoms. The van der Waals surface area contributed by atoms with Crippen LogP contribution >= 0.6 is 11.3 Å². The molecule has 0 atom stereocenters. The molecule has 118 valence electrons. The molecule has 0 bridgehead atoms. The van der Waals surface area contributed by atoms with E-state index in [9.17, 15) is 0 Å². The fourth-order valence-corrected chi connectivity index (χ4v) is 3.51. The van der Waals surface area contributed by atoms with Crippen molar-refractivity contribution in [2.75, 3.05) is 33.2 Å². The van der Waals surface area contributed by atoms with Crippen molar-refractivity contribution < 1.29 is 0 Å². The Labute approximate surface area is 131 Å². The molecule has 21 heavy (non-hydrogen) atoms. The molecule has 0 spiro atoms. The standard InChI is InChI=1S/C15H27N5S/c1-12-14(21-13(2)19-12)11-18-15(16-3)17-7-6-10-20-8-4-5-9-20/h4-11H2,1-3H3,(H2,16,17,18). The molecule has 2 rings (SSSR count). The molecule has 2 heterocycles. The molecule has 0 aromatic carbocycles. The maximum absolute atomic E-state index is 4.45. The lowest BCUT2D eigenvalue weighted by molar-refractivity contribution is 0.334. The van der Waals surface area contributed by atoms with E-state index in [1.54, 1.807) is 11.3 Å². The van der Waals surface area contributed by atoms with Crippen LogP contribution in [0.4, 0.5) is 0 Å². The third-order valence-corrected chi connectivity index (χ3v) is 4.85. The third kappa shape index (κ3) is 5.28. The van der Waals surface area contributed by atoms with Gasteiger partial charge in [-0.3, -0.25) is 4.99 Å². The Morgan fingerprint density at radius 3 is 2.67 bits per heavy atom. The van der Waals surface area contributed by atoms with E-state index in [2.05, 4.69) is 32.4 Å². The third-order valence-electron chi connectivity index (χ3n) is 3.78. The molecule has 1 aromatic heterocycles. The lowest BCUT2D eigenvalue weighted by Gasteiger charge is -2.15. The summed E-state index contributed by atoms with van der Waals surface area (Å²) in [7, 11) is 1.82. The Morgan fingerprint density at radius 1 is 1.29 bits per heavy atom. The molecule has 0 unspecified atom stereocenters. The van der Waals surface area contributed by atoms with Crippen LogP contribution in [0.5, 0.6) is 0 Å². The molecule has 1 saturated heterocycles. The fourth-order valence-electron chi connectivity index (χ4n) is 2.64. The van der Waals surface area contributed by atoms with Gasteiger partial charge in [0, 0.05) is 18.5 Å². The van der Waals surface area contributed by atoms with E-state index in [1.807, 2.05) is 14.0 Å². The van der Waals surface area contributed by atoms with E-state index in [1.165, 1.54) is 43.8 Å². The topological polar surface area (TPSA) is 52.6 Å². The zero-order valence-corrected chi connectivity index (χ0v) is 14.2. The van der Waals surface area contributed by atoms with Crippen LogP contribution < -0.4 is 10.6 Å². The van der Waals surface area contributed by atoms with Gasteiger partial charge >= 0.3 is 0 Å². The molecule has 5 nitrogen and oxygen atoms in total. The minimum absolute atomic E-state index is 0.795. The highest BCUT2D eigenvalue weighted by molar-refractivity contribution is 7.11. The Kier molecular flexibility index (Phi) is 6.45. The number of likely N-dealkylation sites (tertiary alicyclic amines) is 1. The van der Waals surface area contributed by atoms with Crippen LogP contribution in [0, 0.1) is 13.8 Å². The van der Waals surface area contributed by atoms with Crippen LogP contribution in [-0.4, -0.2) is 49.1 Å². The summed E-state index contributed by atoms with van der Waals surface area (Å²) in [6.07, 6.45) is 3.90. The Bertz CT molecular complexity index is 463. The molecule has 1 aromatic rings. The van der Waals surface area contributed by atoms with Gasteiger partial charge in [-0.15, -0.1) is 11.3 Å². The number of aliphatic imine (C=N–C) groups is 1. The highest BCUT2D eigenvalue weighted by Crippen LogP contribution is 2.16. The maximum atomic E-state index is 4.45. The lowest BCUT2D eigenvalue weighted by Crippen LogP contribution is -2.38. The van der Waals surface area contributed by atoms with Crippen molar-refractivity contribution in [3.8, 4) is 0 Å². The maximum Gasteiger partial charge on any atom is 0.191 e. The van der Waals surface area contributed by atoms with Crippen molar-refractivity contribution in [2.24, 2.45) is 4.99 Å². The van der Waals surface area contributed by atoms with E-state index in [4.69, 9.17) is 0 Å². The largest absolute Gasteiger partial charge is 0.356 e. The van der Waals surface area contributed by atoms with Crippen LogP contribution in [0.25, 0.3) is 0 Å². The van der Waals surface area contributed by atoms with Crippen molar-refractivity contribution in [1.29, 1.82) is 0 Å². The van der Waals surface area contributed by atoms with E-state index in [0.717, 1.165) is 29.8 Å². The number of aryl methyl sites for hydroxylation is 2. The average molecular weight is 309 g/mol. The summed E-state index contributed by atoms with van der Waals surface area (Å²) < 4.78 is 0. The predicted octanol–water partition coefficient (Wildman–Crippen LogP) is 1.91. The van der Waals surface area contributed by atoms with E-state index in [0.29, 0.717) is 0 Å². The van der Waals surface area contributed by atoms with Gasteiger partial charge in [0.1, 0.15) is 0 Å². The van der Waals surface area contributed by atoms with Gasteiger partial charge in [0.25, 0.3) is 0 Å². The van der Waals surface area contributed by atoms with Crippen molar-refractivity contribution in [1.82, 2.24) is 20.5 Å². The molecule has 2 N–H and O–H groups in total. The van der Waals surface area contributed by atoms with Crippen LogP contribution in [0.2, 0.25) is 0 Å². The number of hydrogen-bond donors (Lipinski definition) is 2. The molecular formula is C15H27N5S. The van der Waals surface area contributed by atoms with E-state index in [-0.39, 0.29) is 0 Å². The second kappa shape index (κ2) is 8.34. The van der Waals surface area contributed by atoms with Crippen molar-refractivity contribution in [3.05, 3.63) is 15.6 Å². The summed E-state index contributed by atoms with van der Waals surface area (Å²) in [5.41, 5.74) is 1.12. The molecule has 0 amide bonds.